The Kier molecular flexibility index (Phi) is 3.16. The van der Waals surface area contributed by atoms with E-state index >= 15 is 0 Å². The average Bonchev–Trinajstić information content (AvgIpc) is 2.01. The lowest BCUT2D eigenvalue weighted by molar-refractivity contribution is 0.101. The van der Waals surface area contributed by atoms with Gasteiger partial charge in [0.05, 0.1) is 10.6 Å². The fourth-order valence-corrected chi connectivity index (χ4v) is 1.29. The Morgan fingerprint density at radius 1 is 1.43 bits per heavy atom. The highest BCUT2D eigenvalue weighted by molar-refractivity contribution is 6.31. The quantitative estimate of drug-likeness (QED) is 0.699. The second kappa shape index (κ2) is 4.00. The van der Waals surface area contributed by atoms with Crippen LogP contribution in [0.15, 0.2) is 12.1 Å². The fraction of sp³-hybridized carbons (Fsp3) is 0.222. The predicted molar refractivity (Wildman–Crippen MR) is 46.4 cm³/mol. The minimum atomic E-state index is -2.98. The summed E-state index contributed by atoms with van der Waals surface area (Å²) >= 11 is 5.40. The molecule has 1 nitrogen and oxygen atoms in total. The van der Waals surface area contributed by atoms with E-state index in [2.05, 4.69) is 0 Å². The summed E-state index contributed by atoms with van der Waals surface area (Å²) in [6.45, 7) is 1.20. The van der Waals surface area contributed by atoms with Crippen LogP contribution in [-0.2, 0) is 0 Å². The van der Waals surface area contributed by atoms with E-state index in [0.717, 1.165) is 12.1 Å². The molecule has 1 rings (SSSR count). The van der Waals surface area contributed by atoms with Crippen LogP contribution in [0.1, 0.15) is 29.3 Å². The highest BCUT2D eigenvalue weighted by Crippen LogP contribution is 2.30. The Bertz CT molecular complexity index is 353. The maximum atomic E-state index is 13.0. The molecule has 0 atom stereocenters. The molecular formula is C9H6ClF3O. The van der Waals surface area contributed by atoms with Gasteiger partial charge in [-0.2, -0.15) is 0 Å². The molecule has 0 unspecified atom stereocenters. The third kappa shape index (κ3) is 2.07. The molecule has 76 valence electrons. The van der Waals surface area contributed by atoms with Gasteiger partial charge in [0, 0.05) is 5.56 Å². The van der Waals surface area contributed by atoms with Gasteiger partial charge in [-0.25, -0.2) is 13.2 Å². The number of hydrogen-bond donors (Lipinski definition) is 0. The van der Waals surface area contributed by atoms with E-state index in [1.165, 1.54) is 6.92 Å². The summed E-state index contributed by atoms with van der Waals surface area (Å²) in [4.78, 5) is 10.8. The van der Waals surface area contributed by atoms with Gasteiger partial charge in [-0.05, 0) is 19.1 Å². The molecular weight excluding hydrogens is 217 g/mol. The van der Waals surface area contributed by atoms with Crippen molar-refractivity contribution in [3.05, 3.63) is 34.1 Å². The molecule has 0 heterocycles. The van der Waals surface area contributed by atoms with Gasteiger partial charge in [0.1, 0.15) is 5.82 Å². The minimum absolute atomic E-state index is 0.0168. The zero-order valence-electron chi connectivity index (χ0n) is 7.15. The molecule has 0 aliphatic rings. The van der Waals surface area contributed by atoms with Crippen LogP contribution in [0, 0.1) is 5.82 Å². The van der Waals surface area contributed by atoms with Crippen LogP contribution < -0.4 is 0 Å². The van der Waals surface area contributed by atoms with Crippen molar-refractivity contribution >= 4 is 17.4 Å². The van der Waals surface area contributed by atoms with Crippen molar-refractivity contribution in [1.29, 1.82) is 0 Å². The van der Waals surface area contributed by atoms with E-state index in [1.54, 1.807) is 0 Å². The molecule has 0 amide bonds. The van der Waals surface area contributed by atoms with Crippen LogP contribution in [0.3, 0.4) is 0 Å². The topological polar surface area (TPSA) is 17.1 Å². The molecule has 1 aromatic carbocycles. The van der Waals surface area contributed by atoms with E-state index in [-0.39, 0.29) is 5.56 Å². The monoisotopic (exact) mass is 222 g/mol. The lowest BCUT2D eigenvalue weighted by Gasteiger charge is -2.06. The van der Waals surface area contributed by atoms with Gasteiger partial charge in [0.2, 0.25) is 0 Å². The van der Waals surface area contributed by atoms with Crippen molar-refractivity contribution in [1.82, 2.24) is 0 Å². The maximum Gasteiger partial charge on any atom is 0.268 e. The van der Waals surface area contributed by atoms with E-state index in [1.807, 2.05) is 0 Å². The number of rotatable bonds is 2. The van der Waals surface area contributed by atoms with E-state index in [4.69, 9.17) is 11.6 Å². The predicted octanol–water partition coefficient (Wildman–Crippen LogP) is 3.62. The Balaban J connectivity index is 3.32. The molecule has 0 fully saturated rings. The molecule has 0 aromatic heterocycles. The summed E-state index contributed by atoms with van der Waals surface area (Å²) in [5.74, 6) is -1.58. The summed E-state index contributed by atoms with van der Waals surface area (Å²) in [6.07, 6.45) is -2.98. The number of benzene rings is 1. The fourth-order valence-electron chi connectivity index (χ4n) is 0.996. The number of Topliss-reactive ketones (excluding diaryl/α,β-unsaturated/α-hetero) is 1. The summed E-state index contributed by atoms with van der Waals surface area (Å²) in [6, 6.07) is 1.80. The van der Waals surface area contributed by atoms with Crippen LogP contribution in [0.5, 0.6) is 0 Å². The second-order valence-corrected chi connectivity index (χ2v) is 3.12. The SMILES string of the molecule is CC(=O)c1cc(F)c(C(F)F)c(Cl)c1. The number of alkyl halides is 2. The van der Waals surface area contributed by atoms with Gasteiger partial charge < -0.3 is 0 Å². The van der Waals surface area contributed by atoms with Crippen LogP contribution in [-0.4, -0.2) is 5.78 Å². The van der Waals surface area contributed by atoms with Crippen molar-refractivity contribution in [3.8, 4) is 0 Å². The average molecular weight is 223 g/mol. The summed E-state index contributed by atoms with van der Waals surface area (Å²) in [5.41, 5.74) is -0.881. The Hall–Kier alpha value is -1.03. The lowest BCUT2D eigenvalue weighted by atomic mass is 10.1. The zero-order valence-corrected chi connectivity index (χ0v) is 7.91. The van der Waals surface area contributed by atoms with Gasteiger partial charge in [-0.15, -0.1) is 0 Å². The number of carbonyl (C=O) groups excluding carboxylic acids is 1. The molecule has 5 heteroatoms. The Morgan fingerprint density at radius 3 is 2.36 bits per heavy atom. The first-order valence-corrected chi connectivity index (χ1v) is 4.09. The largest absolute Gasteiger partial charge is 0.295 e. The molecule has 0 aliphatic carbocycles. The standard InChI is InChI=1S/C9H6ClF3O/c1-4(14)5-2-6(10)8(9(12)13)7(11)3-5/h2-3,9H,1H3. The zero-order chi connectivity index (χ0) is 10.9. The molecule has 0 radical (unpaired) electrons. The van der Waals surface area contributed by atoms with Gasteiger partial charge in [-0.1, -0.05) is 11.6 Å². The first-order valence-electron chi connectivity index (χ1n) is 3.71. The van der Waals surface area contributed by atoms with Crippen molar-refractivity contribution in [2.45, 2.75) is 13.3 Å². The summed E-state index contributed by atoms with van der Waals surface area (Å²) < 4.78 is 37.4. The van der Waals surface area contributed by atoms with Crippen LogP contribution in [0.25, 0.3) is 0 Å². The highest BCUT2D eigenvalue weighted by atomic mass is 35.5. The maximum absolute atomic E-state index is 13.0. The summed E-state index contributed by atoms with van der Waals surface area (Å²) in [7, 11) is 0. The Labute approximate surface area is 83.5 Å². The number of hydrogen-bond acceptors (Lipinski definition) is 1. The van der Waals surface area contributed by atoms with Crippen LogP contribution in [0.4, 0.5) is 13.2 Å². The number of ketones is 1. The highest BCUT2D eigenvalue weighted by Gasteiger charge is 2.19. The van der Waals surface area contributed by atoms with Gasteiger partial charge in [0.15, 0.2) is 5.78 Å². The van der Waals surface area contributed by atoms with E-state index in [9.17, 15) is 18.0 Å². The third-order valence-corrected chi connectivity index (χ3v) is 2.02. The lowest BCUT2D eigenvalue weighted by Crippen LogP contribution is -1.98. The van der Waals surface area contributed by atoms with Crippen molar-refractivity contribution in [2.75, 3.05) is 0 Å². The number of carbonyl (C=O) groups is 1. The van der Waals surface area contributed by atoms with Crippen LogP contribution in [0.2, 0.25) is 5.02 Å². The van der Waals surface area contributed by atoms with Crippen molar-refractivity contribution < 1.29 is 18.0 Å². The van der Waals surface area contributed by atoms with Crippen molar-refractivity contribution in [2.24, 2.45) is 0 Å². The molecule has 14 heavy (non-hydrogen) atoms. The Morgan fingerprint density at radius 2 is 2.00 bits per heavy atom. The molecule has 0 saturated heterocycles. The summed E-state index contributed by atoms with van der Waals surface area (Å²) in [5, 5.41) is -0.426. The third-order valence-electron chi connectivity index (χ3n) is 1.70. The number of halogens is 4. The molecule has 0 aliphatic heterocycles. The molecule has 0 spiro atoms. The first kappa shape index (κ1) is 11.0. The van der Waals surface area contributed by atoms with Gasteiger partial charge in [0.25, 0.3) is 6.43 Å². The van der Waals surface area contributed by atoms with Gasteiger partial charge in [-0.3, -0.25) is 4.79 Å². The second-order valence-electron chi connectivity index (χ2n) is 2.71. The van der Waals surface area contributed by atoms with Crippen molar-refractivity contribution in [3.63, 3.8) is 0 Å². The molecule has 0 saturated carbocycles. The normalized spacial score (nSPS) is 10.7. The van der Waals surface area contributed by atoms with Gasteiger partial charge >= 0.3 is 0 Å². The smallest absolute Gasteiger partial charge is 0.268 e. The molecule has 1 aromatic rings. The van der Waals surface area contributed by atoms with E-state index in [0.29, 0.717) is 0 Å². The minimum Gasteiger partial charge on any atom is -0.295 e. The van der Waals surface area contributed by atoms with Crippen LogP contribution >= 0.6 is 11.6 Å². The first-order chi connectivity index (χ1) is 6.43. The molecule has 0 N–H and O–H groups in total. The van der Waals surface area contributed by atoms with E-state index < -0.39 is 28.6 Å². The molecule has 0 bridgehead atoms.